The fraction of sp³-hybridized carbons (Fsp3) is 0.429. The number of hydrogen-bond donors (Lipinski definition) is 2. The monoisotopic (exact) mass is 309 g/mol. The number of hydrogen-bond acceptors (Lipinski definition) is 6. The van der Waals surface area contributed by atoms with Gasteiger partial charge in [-0.05, 0) is 10.8 Å². The standard InChI is InChI=1S/C14H16FN3O4/c15-11-8-21-14(13(20)12(11)19)22-18-7-10(16-17-18)6-9-4-2-1-3-5-9/h1-5,7,11-14,19-20H,6,8H2/t11-,12+,13-,14+/m1/s1. The number of alkyl halides is 1. The molecule has 22 heavy (non-hydrogen) atoms. The fourth-order valence-corrected chi connectivity index (χ4v) is 2.18. The molecular weight excluding hydrogens is 293 g/mol. The van der Waals surface area contributed by atoms with Crippen LogP contribution in [-0.2, 0) is 11.2 Å². The minimum atomic E-state index is -1.64. The third-order valence-electron chi connectivity index (χ3n) is 3.38. The van der Waals surface area contributed by atoms with Gasteiger partial charge in [0.1, 0.15) is 12.2 Å². The summed E-state index contributed by atoms with van der Waals surface area (Å²) in [7, 11) is 0. The van der Waals surface area contributed by atoms with E-state index in [2.05, 4.69) is 10.3 Å². The van der Waals surface area contributed by atoms with Crippen LogP contribution in [-0.4, -0.2) is 56.6 Å². The summed E-state index contributed by atoms with van der Waals surface area (Å²) in [6.07, 6.45) is -3.77. The van der Waals surface area contributed by atoms with E-state index in [1.807, 2.05) is 30.3 Å². The molecule has 2 heterocycles. The van der Waals surface area contributed by atoms with Crippen LogP contribution < -0.4 is 4.84 Å². The van der Waals surface area contributed by atoms with Crippen LogP contribution in [0.5, 0.6) is 0 Å². The maximum Gasteiger partial charge on any atom is 0.255 e. The third-order valence-corrected chi connectivity index (χ3v) is 3.38. The first-order chi connectivity index (χ1) is 10.6. The Hall–Kier alpha value is -2.03. The molecule has 0 saturated carbocycles. The zero-order valence-corrected chi connectivity index (χ0v) is 11.6. The number of rotatable bonds is 4. The Morgan fingerprint density at radius 3 is 2.82 bits per heavy atom. The number of ether oxygens (including phenoxy) is 1. The lowest BCUT2D eigenvalue weighted by molar-refractivity contribution is -0.264. The van der Waals surface area contributed by atoms with Crippen molar-refractivity contribution in [1.82, 2.24) is 15.2 Å². The van der Waals surface area contributed by atoms with Crippen molar-refractivity contribution < 1.29 is 24.2 Å². The second kappa shape index (κ2) is 6.39. The van der Waals surface area contributed by atoms with Gasteiger partial charge in [0.05, 0.1) is 18.5 Å². The average Bonchev–Trinajstić information content (AvgIpc) is 2.96. The summed E-state index contributed by atoms with van der Waals surface area (Å²) in [6.45, 7) is -0.353. The van der Waals surface area contributed by atoms with Crippen molar-refractivity contribution >= 4 is 0 Å². The van der Waals surface area contributed by atoms with E-state index in [4.69, 9.17) is 9.57 Å². The van der Waals surface area contributed by atoms with Crippen LogP contribution in [0.2, 0.25) is 0 Å². The molecule has 1 aromatic carbocycles. The summed E-state index contributed by atoms with van der Waals surface area (Å²) in [5, 5.41) is 26.9. The van der Waals surface area contributed by atoms with E-state index in [1.165, 1.54) is 6.20 Å². The highest BCUT2D eigenvalue weighted by atomic mass is 19.1. The Labute approximate surface area is 125 Å². The molecule has 0 bridgehead atoms. The maximum atomic E-state index is 13.2. The Bertz CT molecular complexity index is 609. The molecule has 0 aliphatic carbocycles. The van der Waals surface area contributed by atoms with Crippen LogP contribution in [0.4, 0.5) is 4.39 Å². The third kappa shape index (κ3) is 3.24. The maximum absolute atomic E-state index is 13.2. The molecule has 118 valence electrons. The van der Waals surface area contributed by atoms with Crippen molar-refractivity contribution in [3.05, 3.63) is 47.8 Å². The molecule has 0 radical (unpaired) electrons. The Kier molecular flexibility index (Phi) is 4.32. The smallest absolute Gasteiger partial charge is 0.255 e. The van der Waals surface area contributed by atoms with Crippen LogP contribution in [0.15, 0.2) is 36.5 Å². The summed E-state index contributed by atoms with van der Waals surface area (Å²) in [4.78, 5) is 6.29. The minimum absolute atomic E-state index is 0.353. The van der Waals surface area contributed by atoms with Gasteiger partial charge in [0.15, 0.2) is 6.17 Å². The highest BCUT2D eigenvalue weighted by Crippen LogP contribution is 2.17. The Morgan fingerprint density at radius 1 is 1.27 bits per heavy atom. The normalized spacial score (nSPS) is 28.5. The van der Waals surface area contributed by atoms with Crippen molar-refractivity contribution in [2.45, 2.75) is 31.1 Å². The SMILES string of the molecule is O[C@@H]1[C@@H](O)[C@H](On2cc(Cc3ccccc3)nn2)OC[C@H]1F. The van der Waals surface area contributed by atoms with E-state index < -0.39 is 24.7 Å². The molecule has 2 N–H and O–H groups in total. The number of aliphatic hydroxyl groups is 2. The van der Waals surface area contributed by atoms with Crippen molar-refractivity contribution in [2.24, 2.45) is 0 Å². The second-order valence-corrected chi connectivity index (χ2v) is 5.08. The van der Waals surface area contributed by atoms with Crippen LogP contribution in [0.25, 0.3) is 0 Å². The van der Waals surface area contributed by atoms with E-state index in [0.29, 0.717) is 12.1 Å². The number of aliphatic hydroxyl groups excluding tert-OH is 2. The van der Waals surface area contributed by atoms with Gasteiger partial charge in [-0.15, -0.1) is 5.10 Å². The van der Waals surface area contributed by atoms with Crippen LogP contribution in [0, 0.1) is 0 Å². The highest BCUT2D eigenvalue weighted by molar-refractivity contribution is 5.19. The van der Waals surface area contributed by atoms with Crippen LogP contribution >= 0.6 is 0 Å². The number of nitrogens with zero attached hydrogens (tertiary/aromatic N) is 3. The van der Waals surface area contributed by atoms with E-state index in [-0.39, 0.29) is 6.61 Å². The molecule has 2 aromatic rings. The summed E-state index contributed by atoms with van der Waals surface area (Å²) < 4.78 is 18.2. The van der Waals surface area contributed by atoms with Gasteiger partial charge in [-0.25, -0.2) is 4.39 Å². The molecule has 7 nitrogen and oxygen atoms in total. The van der Waals surface area contributed by atoms with Crippen LogP contribution in [0.1, 0.15) is 11.3 Å². The van der Waals surface area contributed by atoms with Crippen molar-refractivity contribution in [3.63, 3.8) is 0 Å². The molecule has 4 atom stereocenters. The predicted octanol–water partition coefficient (Wildman–Crippen LogP) is -0.286. The molecule has 8 heteroatoms. The van der Waals surface area contributed by atoms with E-state index >= 15 is 0 Å². The van der Waals surface area contributed by atoms with Gasteiger partial charge in [-0.2, -0.15) is 0 Å². The van der Waals surface area contributed by atoms with E-state index in [9.17, 15) is 14.6 Å². The van der Waals surface area contributed by atoms with E-state index in [1.54, 1.807) is 0 Å². The van der Waals surface area contributed by atoms with Crippen molar-refractivity contribution in [3.8, 4) is 0 Å². The summed E-state index contributed by atoms with van der Waals surface area (Å²) >= 11 is 0. The number of benzene rings is 1. The van der Waals surface area contributed by atoms with Gasteiger partial charge in [0.25, 0.3) is 6.29 Å². The molecular formula is C14H16FN3O4. The lowest BCUT2D eigenvalue weighted by Crippen LogP contribution is -2.54. The molecule has 1 aliphatic heterocycles. The van der Waals surface area contributed by atoms with Gasteiger partial charge >= 0.3 is 0 Å². The Balaban J connectivity index is 1.62. The molecule has 1 saturated heterocycles. The van der Waals surface area contributed by atoms with Crippen molar-refractivity contribution in [2.75, 3.05) is 6.61 Å². The number of halogens is 1. The van der Waals surface area contributed by atoms with Crippen LogP contribution in [0.3, 0.4) is 0 Å². The van der Waals surface area contributed by atoms with Gasteiger partial charge < -0.3 is 19.8 Å². The minimum Gasteiger partial charge on any atom is -0.387 e. The largest absolute Gasteiger partial charge is 0.387 e. The lowest BCUT2D eigenvalue weighted by atomic mass is 10.1. The number of aromatic nitrogens is 3. The van der Waals surface area contributed by atoms with E-state index in [0.717, 1.165) is 10.4 Å². The van der Waals surface area contributed by atoms with Crippen molar-refractivity contribution in [1.29, 1.82) is 0 Å². The molecule has 0 unspecified atom stereocenters. The molecule has 0 spiro atoms. The summed E-state index contributed by atoms with van der Waals surface area (Å²) in [5.74, 6) is 0. The lowest BCUT2D eigenvalue weighted by Gasteiger charge is -2.32. The first kappa shape index (κ1) is 14.9. The highest BCUT2D eigenvalue weighted by Gasteiger charge is 2.40. The van der Waals surface area contributed by atoms with Gasteiger partial charge in [0, 0.05) is 6.42 Å². The molecule has 1 aliphatic rings. The summed E-state index contributed by atoms with van der Waals surface area (Å²) in [5.41, 5.74) is 1.74. The Morgan fingerprint density at radius 2 is 2.05 bits per heavy atom. The van der Waals surface area contributed by atoms with Gasteiger partial charge in [-0.3, -0.25) is 0 Å². The summed E-state index contributed by atoms with van der Waals surface area (Å²) in [6, 6.07) is 9.71. The van der Waals surface area contributed by atoms with Gasteiger partial charge in [0.2, 0.25) is 0 Å². The topological polar surface area (TPSA) is 89.6 Å². The molecule has 3 rings (SSSR count). The van der Waals surface area contributed by atoms with Gasteiger partial charge in [-0.1, -0.05) is 35.2 Å². The average molecular weight is 309 g/mol. The molecule has 0 amide bonds. The predicted molar refractivity (Wildman–Crippen MR) is 72.5 cm³/mol. The zero-order chi connectivity index (χ0) is 15.5. The first-order valence-electron chi connectivity index (χ1n) is 6.87. The quantitative estimate of drug-likeness (QED) is 0.807. The fourth-order valence-electron chi connectivity index (χ4n) is 2.18. The zero-order valence-electron chi connectivity index (χ0n) is 11.6. The molecule has 1 fully saturated rings. The first-order valence-corrected chi connectivity index (χ1v) is 6.87. The molecule has 1 aromatic heterocycles. The second-order valence-electron chi connectivity index (χ2n) is 5.08.